The van der Waals surface area contributed by atoms with Crippen LogP contribution in [0.2, 0.25) is 0 Å². The molecule has 4 nitrogen and oxygen atoms in total. The van der Waals surface area contributed by atoms with Crippen molar-refractivity contribution in [2.24, 2.45) is 0 Å². The lowest BCUT2D eigenvalue weighted by Gasteiger charge is -2.45. The zero-order valence-electron chi connectivity index (χ0n) is 14.9. The number of carbonyl (C=O) groups is 1. The van der Waals surface area contributed by atoms with Crippen LogP contribution >= 0.6 is 11.3 Å². The number of carbonyl (C=O) groups excluding carboxylic acids is 1. The summed E-state index contributed by atoms with van der Waals surface area (Å²) in [5, 5.41) is 8.96. The summed E-state index contributed by atoms with van der Waals surface area (Å²) in [5.41, 5.74) is 3.03. The van der Waals surface area contributed by atoms with Gasteiger partial charge in [-0.3, -0.25) is 9.69 Å². The van der Waals surface area contributed by atoms with Gasteiger partial charge in [0.25, 0.3) is 0 Å². The third kappa shape index (κ3) is 2.99. The Bertz CT molecular complexity index is 842. The molecule has 1 unspecified atom stereocenters. The average Bonchev–Trinajstić information content (AvgIpc) is 3.13. The van der Waals surface area contributed by atoms with Crippen LogP contribution in [0.15, 0.2) is 30.3 Å². The quantitative estimate of drug-likeness (QED) is 0.769. The maximum absolute atomic E-state index is 11.2. The lowest BCUT2D eigenvalue weighted by Crippen LogP contribution is -2.46. The summed E-state index contributed by atoms with van der Waals surface area (Å²) in [4.78, 5) is 15.8. The Labute approximate surface area is 158 Å². The van der Waals surface area contributed by atoms with Gasteiger partial charge in [-0.15, -0.1) is 11.3 Å². The fourth-order valence-corrected chi connectivity index (χ4v) is 5.42. The highest BCUT2D eigenvalue weighted by molar-refractivity contribution is 7.14. The number of piperidine rings is 1. The molecule has 1 spiro atoms. The molecule has 3 heterocycles. The predicted octanol–water partition coefficient (Wildman–Crippen LogP) is 4.06. The summed E-state index contributed by atoms with van der Waals surface area (Å²) in [6, 6.07) is 12.4. The Morgan fingerprint density at radius 2 is 2.04 bits per heavy atom. The van der Waals surface area contributed by atoms with Crippen LogP contribution in [0.25, 0.3) is 0 Å². The highest BCUT2D eigenvalue weighted by atomic mass is 32.1. The molecule has 2 aliphatic heterocycles. The molecular weight excluding hydrogens is 344 g/mol. The van der Waals surface area contributed by atoms with E-state index in [0.717, 1.165) is 50.1 Å². The molecule has 1 atom stereocenters. The van der Waals surface area contributed by atoms with Crippen LogP contribution in [-0.2, 0) is 16.8 Å². The first-order valence-electron chi connectivity index (χ1n) is 9.12. The van der Waals surface area contributed by atoms with E-state index in [4.69, 9.17) is 10.00 Å². The molecule has 1 aromatic heterocycles. The summed E-state index contributed by atoms with van der Waals surface area (Å²) in [5.74, 6) is 0. The Morgan fingerprint density at radius 3 is 2.69 bits per heavy atom. The molecule has 1 fully saturated rings. The first kappa shape index (κ1) is 17.4. The van der Waals surface area contributed by atoms with E-state index in [-0.39, 0.29) is 5.60 Å². The van der Waals surface area contributed by atoms with Gasteiger partial charge in [0.1, 0.15) is 5.60 Å². The molecule has 0 amide bonds. The number of ether oxygens (including phenoxy) is 1. The SMILES string of the molecule is CC(c1ccc(C#N)cc1)N1CCC2(CC1)OCCc1cc(C=O)sc12. The van der Waals surface area contributed by atoms with Crippen LogP contribution in [0.1, 0.15) is 57.0 Å². The molecule has 1 saturated heterocycles. The number of hydrogen-bond donors (Lipinski definition) is 0. The second-order valence-corrected chi connectivity index (χ2v) is 8.24. The lowest BCUT2D eigenvalue weighted by molar-refractivity contribution is -0.0994. The number of fused-ring (bicyclic) bond motifs is 2. The normalized spacial score (nSPS) is 20.3. The fraction of sp³-hybridized carbons (Fsp3) is 0.429. The lowest BCUT2D eigenvalue weighted by atomic mass is 9.84. The van der Waals surface area contributed by atoms with Crippen LogP contribution in [0, 0.1) is 11.3 Å². The molecule has 134 valence electrons. The van der Waals surface area contributed by atoms with Crippen LogP contribution in [-0.4, -0.2) is 30.9 Å². The minimum Gasteiger partial charge on any atom is -0.369 e. The van der Waals surface area contributed by atoms with Crippen molar-refractivity contribution in [1.29, 1.82) is 5.26 Å². The number of nitriles is 1. The van der Waals surface area contributed by atoms with Crippen molar-refractivity contribution in [3.05, 3.63) is 56.8 Å². The van der Waals surface area contributed by atoms with Gasteiger partial charge in [-0.2, -0.15) is 5.26 Å². The number of thiophene rings is 1. The van der Waals surface area contributed by atoms with E-state index >= 15 is 0 Å². The predicted molar refractivity (Wildman–Crippen MR) is 101 cm³/mol. The summed E-state index contributed by atoms with van der Waals surface area (Å²) in [6.07, 6.45) is 3.78. The maximum Gasteiger partial charge on any atom is 0.160 e. The minimum atomic E-state index is -0.208. The van der Waals surface area contributed by atoms with Crippen molar-refractivity contribution in [2.45, 2.75) is 37.8 Å². The van der Waals surface area contributed by atoms with Gasteiger partial charge in [-0.1, -0.05) is 12.1 Å². The fourth-order valence-electron chi connectivity index (χ4n) is 4.19. The maximum atomic E-state index is 11.2. The molecule has 2 aliphatic rings. The monoisotopic (exact) mass is 366 g/mol. The molecule has 0 N–H and O–H groups in total. The van der Waals surface area contributed by atoms with Gasteiger partial charge >= 0.3 is 0 Å². The molecule has 0 radical (unpaired) electrons. The van der Waals surface area contributed by atoms with E-state index < -0.39 is 0 Å². The third-order valence-corrected chi connectivity index (χ3v) is 7.07. The molecule has 5 heteroatoms. The van der Waals surface area contributed by atoms with Crippen molar-refractivity contribution in [2.75, 3.05) is 19.7 Å². The molecular formula is C21H22N2O2S. The number of likely N-dealkylation sites (tertiary alicyclic amines) is 1. The van der Waals surface area contributed by atoms with Crippen LogP contribution < -0.4 is 0 Å². The standard InChI is InChI=1S/C21H22N2O2S/c1-15(17-4-2-16(13-22)3-5-17)23-9-7-21(8-10-23)20-18(6-11-25-21)12-19(14-24)26-20/h2-5,12,14-15H,6-11H2,1H3. The van der Waals surface area contributed by atoms with Crippen molar-refractivity contribution in [3.63, 3.8) is 0 Å². The number of aldehydes is 1. The largest absolute Gasteiger partial charge is 0.369 e. The van der Waals surface area contributed by atoms with Gasteiger partial charge in [0.2, 0.25) is 0 Å². The third-order valence-electron chi connectivity index (χ3n) is 5.78. The minimum absolute atomic E-state index is 0.208. The van der Waals surface area contributed by atoms with Crippen LogP contribution in [0.4, 0.5) is 0 Å². The molecule has 0 bridgehead atoms. The number of nitrogens with zero attached hydrogens (tertiary/aromatic N) is 2. The Kier molecular flexibility index (Phi) is 4.66. The van der Waals surface area contributed by atoms with Crippen molar-refractivity contribution < 1.29 is 9.53 Å². The zero-order chi connectivity index (χ0) is 18.1. The molecule has 26 heavy (non-hydrogen) atoms. The Hall–Kier alpha value is -2.00. The van der Waals surface area contributed by atoms with Gasteiger partial charge in [0.05, 0.1) is 23.1 Å². The molecule has 1 aromatic carbocycles. The van der Waals surface area contributed by atoms with E-state index in [1.165, 1.54) is 16.0 Å². The summed E-state index contributed by atoms with van der Waals surface area (Å²) >= 11 is 1.61. The van der Waals surface area contributed by atoms with E-state index in [2.05, 4.69) is 30.0 Å². The number of benzene rings is 1. The van der Waals surface area contributed by atoms with Gasteiger partial charge in [-0.25, -0.2) is 0 Å². The van der Waals surface area contributed by atoms with Gasteiger partial charge in [0.15, 0.2) is 6.29 Å². The van der Waals surface area contributed by atoms with E-state index in [1.807, 2.05) is 18.2 Å². The van der Waals surface area contributed by atoms with E-state index in [9.17, 15) is 4.79 Å². The first-order valence-corrected chi connectivity index (χ1v) is 9.93. The Balaban J connectivity index is 1.50. The first-order chi connectivity index (χ1) is 12.6. The molecule has 2 aromatic rings. The van der Waals surface area contributed by atoms with Gasteiger partial charge in [0, 0.05) is 24.0 Å². The Morgan fingerprint density at radius 1 is 1.31 bits per heavy atom. The topological polar surface area (TPSA) is 53.3 Å². The summed E-state index contributed by atoms with van der Waals surface area (Å²) in [7, 11) is 0. The second-order valence-electron chi connectivity index (χ2n) is 7.16. The number of hydrogen-bond acceptors (Lipinski definition) is 5. The zero-order valence-corrected chi connectivity index (χ0v) is 15.7. The molecule has 0 saturated carbocycles. The van der Waals surface area contributed by atoms with Crippen molar-refractivity contribution in [3.8, 4) is 6.07 Å². The van der Waals surface area contributed by atoms with Gasteiger partial charge < -0.3 is 4.74 Å². The van der Waals surface area contributed by atoms with E-state index in [1.54, 1.807) is 11.3 Å². The van der Waals surface area contributed by atoms with Crippen LogP contribution in [0.3, 0.4) is 0 Å². The highest BCUT2D eigenvalue weighted by Gasteiger charge is 2.43. The second kappa shape index (κ2) is 6.96. The molecule has 0 aliphatic carbocycles. The average molecular weight is 366 g/mol. The highest BCUT2D eigenvalue weighted by Crippen LogP contribution is 2.46. The summed E-state index contributed by atoms with van der Waals surface area (Å²) in [6.45, 7) is 4.90. The van der Waals surface area contributed by atoms with Gasteiger partial charge in [-0.05, 0) is 55.5 Å². The van der Waals surface area contributed by atoms with Crippen LogP contribution in [0.5, 0.6) is 0 Å². The van der Waals surface area contributed by atoms with Crippen molar-refractivity contribution in [1.82, 2.24) is 4.90 Å². The smallest absolute Gasteiger partial charge is 0.160 e. The summed E-state index contributed by atoms with van der Waals surface area (Å²) < 4.78 is 6.29. The van der Waals surface area contributed by atoms with E-state index in [0.29, 0.717) is 11.6 Å². The van der Waals surface area contributed by atoms with Crippen molar-refractivity contribution >= 4 is 17.6 Å². The molecule has 4 rings (SSSR count). The number of rotatable bonds is 3.